The fraction of sp³-hybridized carbons (Fsp3) is 0.133. The zero-order valence-corrected chi connectivity index (χ0v) is 19.4. The summed E-state index contributed by atoms with van der Waals surface area (Å²) in [5.74, 6) is 0. The van der Waals surface area contributed by atoms with E-state index in [2.05, 4.69) is 70.7 Å². The highest BCUT2D eigenvalue weighted by Crippen LogP contribution is 2.19. The maximum Gasteiger partial charge on any atom is 0.0892 e. The predicted molar refractivity (Wildman–Crippen MR) is 141 cm³/mol. The van der Waals surface area contributed by atoms with Gasteiger partial charge in [0.05, 0.1) is 11.4 Å². The standard InChI is InChI=1S/C26H20N2.2C2H6/c1-3-7-21(8-4-1)11-13-23-15-17-27-25(19-23)26-20-24(16-18-28-26)14-12-22-9-5-2-6-10-22;2*1-2/h1-20H;2*1-2H3/b13-11+,14-12+;;. The second kappa shape index (κ2) is 14.3. The second-order valence-electron chi connectivity index (χ2n) is 6.44. The Bertz CT molecular complexity index is 1010. The third-order valence-electron chi connectivity index (χ3n) is 4.37. The molecule has 162 valence electrons. The average molecular weight is 421 g/mol. The van der Waals surface area contributed by atoms with Gasteiger partial charge >= 0.3 is 0 Å². The molecule has 0 saturated carbocycles. The molecule has 0 aliphatic carbocycles. The Kier molecular flexibility index (Phi) is 10.9. The quantitative estimate of drug-likeness (QED) is 0.323. The van der Waals surface area contributed by atoms with Crippen LogP contribution in [0.15, 0.2) is 97.3 Å². The minimum Gasteiger partial charge on any atom is -0.255 e. The molecule has 0 unspecified atom stereocenters. The molecule has 32 heavy (non-hydrogen) atoms. The second-order valence-corrected chi connectivity index (χ2v) is 6.44. The fourth-order valence-corrected chi connectivity index (χ4v) is 2.89. The van der Waals surface area contributed by atoms with Crippen molar-refractivity contribution in [3.63, 3.8) is 0 Å². The lowest BCUT2D eigenvalue weighted by atomic mass is 10.1. The van der Waals surface area contributed by atoms with Crippen LogP contribution in [0.25, 0.3) is 35.7 Å². The highest BCUT2D eigenvalue weighted by atomic mass is 14.8. The molecule has 2 heteroatoms. The zero-order chi connectivity index (χ0) is 23.0. The molecule has 0 atom stereocenters. The SMILES string of the molecule is C(=C\c1ccnc(-c2cc(/C=C/c3ccccc3)ccn2)c1)/c1ccccc1.CC.CC. The largest absolute Gasteiger partial charge is 0.255 e. The molecular formula is C30H32N2. The van der Waals surface area contributed by atoms with Crippen molar-refractivity contribution in [2.75, 3.05) is 0 Å². The van der Waals surface area contributed by atoms with E-state index in [0.717, 1.165) is 22.5 Å². The van der Waals surface area contributed by atoms with Crippen LogP contribution in [-0.4, -0.2) is 9.97 Å². The molecule has 0 aliphatic rings. The van der Waals surface area contributed by atoms with Crippen molar-refractivity contribution in [1.82, 2.24) is 9.97 Å². The van der Waals surface area contributed by atoms with Gasteiger partial charge in [0, 0.05) is 12.4 Å². The van der Waals surface area contributed by atoms with Crippen molar-refractivity contribution < 1.29 is 0 Å². The van der Waals surface area contributed by atoms with Crippen LogP contribution < -0.4 is 0 Å². The van der Waals surface area contributed by atoms with Gasteiger partial charge in [-0.1, -0.05) is 113 Å². The molecule has 0 N–H and O–H groups in total. The minimum atomic E-state index is 0.866. The molecule has 0 amide bonds. The van der Waals surface area contributed by atoms with E-state index in [-0.39, 0.29) is 0 Å². The molecule has 0 saturated heterocycles. The normalized spacial score (nSPS) is 10.2. The predicted octanol–water partition coefficient (Wildman–Crippen LogP) is 8.54. The van der Waals surface area contributed by atoms with E-state index in [1.165, 1.54) is 11.1 Å². The molecule has 2 aromatic carbocycles. The lowest BCUT2D eigenvalue weighted by Crippen LogP contribution is -1.88. The van der Waals surface area contributed by atoms with Gasteiger partial charge in [0.2, 0.25) is 0 Å². The van der Waals surface area contributed by atoms with Crippen LogP contribution in [0.2, 0.25) is 0 Å². The van der Waals surface area contributed by atoms with E-state index in [1.807, 2.05) is 88.6 Å². The van der Waals surface area contributed by atoms with E-state index in [0.29, 0.717) is 0 Å². The van der Waals surface area contributed by atoms with Gasteiger partial charge in [-0.2, -0.15) is 0 Å². The first-order valence-electron chi connectivity index (χ1n) is 11.3. The van der Waals surface area contributed by atoms with Gasteiger partial charge < -0.3 is 0 Å². The van der Waals surface area contributed by atoms with Gasteiger partial charge in [0.15, 0.2) is 0 Å². The molecule has 2 nitrogen and oxygen atoms in total. The van der Waals surface area contributed by atoms with Crippen LogP contribution in [0, 0.1) is 0 Å². The number of pyridine rings is 2. The van der Waals surface area contributed by atoms with Gasteiger partial charge in [0.1, 0.15) is 0 Å². The van der Waals surface area contributed by atoms with E-state index in [9.17, 15) is 0 Å². The van der Waals surface area contributed by atoms with Gasteiger partial charge in [0.25, 0.3) is 0 Å². The molecule has 0 radical (unpaired) electrons. The topological polar surface area (TPSA) is 25.8 Å². The van der Waals surface area contributed by atoms with Crippen molar-refractivity contribution in [3.05, 3.63) is 120 Å². The number of benzene rings is 2. The Morgan fingerprint density at radius 3 is 1.16 bits per heavy atom. The molecule has 0 aliphatic heterocycles. The Labute approximate surface area is 193 Å². The Balaban J connectivity index is 0.000000860. The summed E-state index contributed by atoms with van der Waals surface area (Å²) in [6.07, 6.45) is 12.1. The van der Waals surface area contributed by atoms with Crippen LogP contribution in [0.5, 0.6) is 0 Å². The van der Waals surface area contributed by atoms with E-state index in [1.54, 1.807) is 0 Å². The lowest BCUT2D eigenvalue weighted by Gasteiger charge is -2.03. The Hall–Kier alpha value is -3.78. The molecule has 4 rings (SSSR count). The maximum atomic E-state index is 4.50. The fourth-order valence-electron chi connectivity index (χ4n) is 2.89. The average Bonchev–Trinajstić information content (AvgIpc) is 2.90. The third-order valence-corrected chi connectivity index (χ3v) is 4.37. The van der Waals surface area contributed by atoms with E-state index >= 15 is 0 Å². The summed E-state index contributed by atoms with van der Waals surface area (Å²) in [5.41, 5.74) is 6.27. The first kappa shape index (κ1) is 24.5. The van der Waals surface area contributed by atoms with Crippen LogP contribution in [0.1, 0.15) is 49.9 Å². The molecule has 0 bridgehead atoms. The van der Waals surface area contributed by atoms with Crippen molar-refractivity contribution in [3.8, 4) is 11.4 Å². The van der Waals surface area contributed by atoms with Crippen LogP contribution in [-0.2, 0) is 0 Å². The Morgan fingerprint density at radius 1 is 0.438 bits per heavy atom. The first-order chi connectivity index (χ1) is 15.9. The summed E-state index contributed by atoms with van der Waals surface area (Å²) in [6.45, 7) is 8.00. The third kappa shape index (κ3) is 7.81. The molecule has 2 heterocycles. The molecule has 4 aromatic rings. The number of aromatic nitrogens is 2. The highest BCUT2D eigenvalue weighted by Gasteiger charge is 2.02. The molecular weight excluding hydrogens is 388 g/mol. The smallest absolute Gasteiger partial charge is 0.0892 e. The summed E-state index contributed by atoms with van der Waals surface area (Å²) in [4.78, 5) is 9.01. The first-order valence-corrected chi connectivity index (χ1v) is 11.3. The van der Waals surface area contributed by atoms with Crippen LogP contribution in [0.4, 0.5) is 0 Å². The summed E-state index contributed by atoms with van der Waals surface area (Å²) in [7, 11) is 0. The number of hydrogen-bond donors (Lipinski definition) is 0. The molecule has 0 fully saturated rings. The lowest BCUT2D eigenvalue weighted by molar-refractivity contribution is 1.24. The maximum absolute atomic E-state index is 4.50. The molecule has 2 aromatic heterocycles. The van der Waals surface area contributed by atoms with E-state index in [4.69, 9.17) is 0 Å². The van der Waals surface area contributed by atoms with Gasteiger partial charge in [-0.15, -0.1) is 0 Å². The number of nitrogens with zero attached hydrogens (tertiary/aromatic N) is 2. The van der Waals surface area contributed by atoms with Gasteiger partial charge in [-0.3, -0.25) is 9.97 Å². The van der Waals surface area contributed by atoms with Crippen molar-refractivity contribution in [2.45, 2.75) is 27.7 Å². The van der Waals surface area contributed by atoms with E-state index < -0.39 is 0 Å². The zero-order valence-electron chi connectivity index (χ0n) is 19.4. The molecule has 0 spiro atoms. The van der Waals surface area contributed by atoms with Crippen molar-refractivity contribution in [1.29, 1.82) is 0 Å². The summed E-state index contributed by atoms with van der Waals surface area (Å²) < 4.78 is 0. The Morgan fingerprint density at radius 2 is 0.781 bits per heavy atom. The van der Waals surface area contributed by atoms with Crippen LogP contribution in [0.3, 0.4) is 0 Å². The van der Waals surface area contributed by atoms with Crippen molar-refractivity contribution in [2.24, 2.45) is 0 Å². The summed E-state index contributed by atoms with van der Waals surface area (Å²) in [6, 6.07) is 28.7. The summed E-state index contributed by atoms with van der Waals surface area (Å²) in [5, 5.41) is 0. The van der Waals surface area contributed by atoms with Gasteiger partial charge in [-0.25, -0.2) is 0 Å². The van der Waals surface area contributed by atoms with Crippen LogP contribution >= 0.6 is 0 Å². The summed E-state index contributed by atoms with van der Waals surface area (Å²) >= 11 is 0. The number of rotatable bonds is 5. The van der Waals surface area contributed by atoms with Crippen molar-refractivity contribution >= 4 is 24.3 Å². The van der Waals surface area contributed by atoms with Gasteiger partial charge in [-0.05, 0) is 46.5 Å². The highest BCUT2D eigenvalue weighted by molar-refractivity contribution is 5.74. The minimum absolute atomic E-state index is 0.866. The monoisotopic (exact) mass is 420 g/mol. The number of hydrogen-bond acceptors (Lipinski definition) is 2.